The summed E-state index contributed by atoms with van der Waals surface area (Å²) in [6.45, 7) is 4.30. The highest BCUT2D eigenvalue weighted by molar-refractivity contribution is 5.27. The zero-order valence-corrected chi connectivity index (χ0v) is 18.7. The van der Waals surface area contributed by atoms with Crippen molar-refractivity contribution in [1.29, 1.82) is 0 Å². The van der Waals surface area contributed by atoms with Crippen molar-refractivity contribution in [3.05, 3.63) is 0 Å². The van der Waals surface area contributed by atoms with E-state index >= 15 is 0 Å². The molecule has 0 aromatic rings. The van der Waals surface area contributed by atoms with Gasteiger partial charge in [0.2, 0.25) is 0 Å². The molecule has 0 amide bonds. The van der Waals surface area contributed by atoms with Crippen LogP contribution in [0, 0.1) is 29.6 Å². The molecule has 3 atom stereocenters. The van der Waals surface area contributed by atoms with E-state index in [1.54, 1.807) is 0 Å². The second-order valence-corrected chi connectivity index (χ2v) is 8.45. The number of rotatable bonds is 17. The van der Waals surface area contributed by atoms with Gasteiger partial charge in [-0.15, -0.1) is 0 Å². The average molecular weight is 409 g/mol. The molecule has 0 unspecified atom stereocenters. The van der Waals surface area contributed by atoms with Crippen molar-refractivity contribution in [3.63, 3.8) is 0 Å². The van der Waals surface area contributed by atoms with Gasteiger partial charge in [0.1, 0.15) is 18.8 Å². The van der Waals surface area contributed by atoms with Crippen LogP contribution in [0.5, 0.6) is 0 Å². The molecule has 168 valence electrons. The fourth-order valence-electron chi connectivity index (χ4n) is 3.33. The van der Waals surface area contributed by atoms with Crippen molar-refractivity contribution < 1.29 is 20.4 Å². The summed E-state index contributed by atoms with van der Waals surface area (Å²) < 4.78 is 0. The van der Waals surface area contributed by atoms with E-state index in [4.69, 9.17) is 5.11 Å². The first-order valence-electron chi connectivity index (χ1n) is 11.6. The summed E-state index contributed by atoms with van der Waals surface area (Å²) in [5.41, 5.74) is 0. The lowest BCUT2D eigenvalue weighted by Gasteiger charge is -2.19. The molecule has 4 heteroatoms. The predicted molar refractivity (Wildman–Crippen MR) is 120 cm³/mol. The van der Waals surface area contributed by atoms with Crippen LogP contribution in [-0.4, -0.2) is 45.3 Å². The molecule has 0 rings (SSSR count). The van der Waals surface area contributed by atoms with Crippen molar-refractivity contribution in [3.8, 4) is 23.7 Å². The molecule has 0 saturated heterocycles. The van der Waals surface area contributed by atoms with Gasteiger partial charge in [-0.2, -0.15) is 0 Å². The zero-order valence-electron chi connectivity index (χ0n) is 18.7. The Labute approximate surface area is 179 Å². The second-order valence-electron chi connectivity index (χ2n) is 8.45. The van der Waals surface area contributed by atoms with Gasteiger partial charge in [0, 0.05) is 0 Å². The molecular formula is C25H44O4. The Morgan fingerprint density at radius 2 is 1.07 bits per heavy atom. The van der Waals surface area contributed by atoms with E-state index in [9.17, 15) is 15.3 Å². The van der Waals surface area contributed by atoms with Crippen LogP contribution < -0.4 is 0 Å². The molecule has 0 spiro atoms. The maximum Gasteiger partial charge on any atom is 0.144 e. The summed E-state index contributed by atoms with van der Waals surface area (Å²) in [7, 11) is 0. The SMILES string of the molecule is CC(C)CCCCCCCCCCCCCC[C@H](O)[C@@H](O)[C@H](O)C#CC#CCO. The summed E-state index contributed by atoms with van der Waals surface area (Å²) in [4.78, 5) is 0. The van der Waals surface area contributed by atoms with E-state index in [0.717, 1.165) is 25.2 Å². The molecule has 0 aliphatic heterocycles. The average Bonchev–Trinajstić information content (AvgIpc) is 2.70. The summed E-state index contributed by atoms with van der Waals surface area (Å²) >= 11 is 0. The van der Waals surface area contributed by atoms with Crippen molar-refractivity contribution in [2.45, 2.75) is 122 Å². The number of aliphatic hydroxyl groups is 4. The van der Waals surface area contributed by atoms with Crippen LogP contribution >= 0.6 is 0 Å². The minimum atomic E-state index is -1.33. The third kappa shape index (κ3) is 18.7. The Morgan fingerprint density at radius 3 is 1.52 bits per heavy atom. The van der Waals surface area contributed by atoms with Crippen molar-refractivity contribution >= 4 is 0 Å². The third-order valence-corrected chi connectivity index (χ3v) is 5.20. The molecular weight excluding hydrogens is 364 g/mol. The molecule has 0 aromatic carbocycles. The second kappa shape index (κ2) is 20.2. The summed E-state index contributed by atoms with van der Waals surface area (Å²) in [5.74, 6) is 10.2. The minimum Gasteiger partial charge on any atom is -0.390 e. The summed E-state index contributed by atoms with van der Waals surface area (Å²) in [6, 6.07) is 0. The van der Waals surface area contributed by atoms with Gasteiger partial charge in [-0.25, -0.2) is 0 Å². The maximum absolute atomic E-state index is 9.94. The van der Waals surface area contributed by atoms with Gasteiger partial charge in [-0.3, -0.25) is 0 Å². The Bertz CT molecular complexity index is 481. The number of hydrogen-bond acceptors (Lipinski definition) is 4. The zero-order chi connectivity index (χ0) is 21.7. The van der Waals surface area contributed by atoms with Crippen LogP contribution in [0.4, 0.5) is 0 Å². The fraction of sp³-hybridized carbons (Fsp3) is 0.840. The van der Waals surface area contributed by atoms with Gasteiger partial charge in [0.25, 0.3) is 0 Å². The highest BCUT2D eigenvalue weighted by atomic mass is 16.4. The lowest BCUT2D eigenvalue weighted by molar-refractivity contribution is -0.0415. The highest BCUT2D eigenvalue weighted by Gasteiger charge is 2.22. The van der Waals surface area contributed by atoms with Gasteiger partial charge < -0.3 is 20.4 Å². The van der Waals surface area contributed by atoms with Gasteiger partial charge in [0.05, 0.1) is 6.10 Å². The molecule has 0 aliphatic carbocycles. The molecule has 0 heterocycles. The van der Waals surface area contributed by atoms with Crippen LogP contribution in [0.25, 0.3) is 0 Å². The van der Waals surface area contributed by atoms with Crippen molar-refractivity contribution in [2.75, 3.05) is 6.61 Å². The van der Waals surface area contributed by atoms with Gasteiger partial charge in [-0.05, 0) is 24.2 Å². The van der Waals surface area contributed by atoms with Crippen molar-refractivity contribution in [1.82, 2.24) is 0 Å². The first kappa shape index (κ1) is 28.0. The molecule has 0 saturated carbocycles. The van der Waals surface area contributed by atoms with Crippen LogP contribution in [0.3, 0.4) is 0 Å². The van der Waals surface area contributed by atoms with E-state index in [1.807, 2.05) is 0 Å². The lowest BCUT2D eigenvalue weighted by atomic mass is 10.0. The van der Waals surface area contributed by atoms with E-state index in [1.165, 1.54) is 64.2 Å². The standard InChI is InChI=1S/C25H44O4/c1-22(2)18-14-11-9-7-5-3-4-6-8-10-12-15-19-23(27)25(29)24(28)20-16-13-17-21-26/h22-29H,3-12,14-15,18-19,21H2,1-2H3/t23-,24+,25+/m0/s1. The molecule has 4 N–H and O–H groups in total. The molecule has 0 aromatic heterocycles. The third-order valence-electron chi connectivity index (χ3n) is 5.20. The van der Waals surface area contributed by atoms with E-state index in [0.29, 0.717) is 6.42 Å². The molecule has 29 heavy (non-hydrogen) atoms. The van der Waals surface area contributed by atoms with E-state index in [2.05, 4.69) is 37.5 Å². The largest absolute Gasteiger partial charge is 0.390 e. The van der Waals surface area contributed by atoms with Crippen LogP contribution in [0.15, 0.2) is 0 Å². The topological polar surface area (TPSA) is 80.9 Å². The number of unbranched alkanes of at least 4 members (excludes halogenated alkanes) is 11. The monoisotopic (exact) mass is 408 g/mol. The lowest BCUT2D eigenvalue weighted by Crippen LogP contribution is -2.36. The Hall–Kier alpha value is -1.04. The quantitative estimate of drug-likeness (QED) is 0.215. The summed E-state index contributed by atoms with van der Waals surface area (Å²) in [5, 5.41) is 38.0. The van der Waals surface area contributed by atoms with Crippen LogP contribution in [0.1, 0.15) is 104 Å². The van der Waals surface area contributed by atoms with Crippen LogP contribution in [0.2, 0.25) is 0 Å². The van der Waals surface area contributed by atoms with Crippen LogP contribution in [-0.2, 0) is 0 Å². The fourth-order valence-corrected chi connectivity index (χ4v) is 3.33. The molecule has 0 bridgehead atoms. The Kier molecular flexibility index (Phi) is 19.5. The molecule has 0 fully saturated rings. The highest BCUT2D eigenvalue weighted by Crippen LogP contribution is 2.15. The van der Waals surface area contributed by atoms with Gasteiger partial charge in [-0.1, -0.05) is 109 Å². The van der Waals surface area contributed by atoms with E-state index < -0.39 is 18.3 Å². The number of aliphatic hydroxyl groups excluding tert-OH is 4. The van der Waals surface area contributed by atoms with Gasteiger partial charge >= 0.3 is 0 Å². The predicted octanol–water partition coefficient (Wildman–Crippen LogP) is 4.19. The minimum absolute atomic E-state index is 0.297. The smallest absolute Gasteiger partial charge is 0.144 e. The maximum atomic E-state index is 9.94. The number of hydrogen-bond donors (Lipinski definition) is 4. The first-order chi connectivity index (χ1) is 14.0. The first-order valence-corrected chi connectivity index (χ1v) is 11.6. The normalized spacial score (nSPS) is 13.9. The van der Waals surface area contributed by atoms with Crippen molar-refractivity contribution in [2.24, 2.45) is 5.92 Å². The Balaban J connectivity index is 3.50. The summed E-state index contributed by atoms with van der Waals surface area (Å²) in [6.07, 6.45) is 13.3. The Morgan fingerprint density at radius 1 is 0.621 bits per heavy atom. The van der Waals surface area contributed by atoms with E-state index in [-0.39, 0.29) is 6.61 Å². The molecule has 4 nitrogen and oxygen atoms in total. The van der Waals surface area contributed by atoms with Gasteiger partial charge in [0.15, 0.2) is 0 Å². The molecule has 0 radical (unpaired) electrons. The molecule has 0 aliphatic rings.